The van der Waals surface area contributed by atoms with Gasteiger partial charge in [-0.3, -0.25) is 9.59 Å². The fourth-order valence-corrected chi connectivity index (χ4v) is 4.11. The molecule has 0 unspecified atom stereocenters. The standard InChI is InChI=1S/C27H28N2O4/c1-4-33-26-15-19(5-12-25(26)32-3)17-28-27(31)21-8-6-20(7-9-21)22-10-11-24-23(16-22)13-14-29(24)18(2)30/h5-12,15-16H,4,13-14,17H2,1-3H3,(H,28,31). The van der Waals surface area contributed by atoms with Crippen LogP contribution in [0.5, 0.6) is 11.5 Å². The summed E-state index contributed by atoms with van der Waals surface area (Å²) < 4.78 is 10.9. The zero-order valence-corrected chi connectivity index (χ0v) is 19.2. The molecule has 170 valence electrons. The van der Waals surface area contributed by atoms with E-state index < -0.39 is 0 Å². The lowest BCUT2D eigenvalue weighted by atomic mass is 10.0. The maximum atomic E-state index is 12.6. The van der Waals surface area contributed by atoms with Crippen molar-refractivity contribution < 1.29 is 19.1 Å². The summed E-state index contributed by atoms with van der Waals surface area (Å²) in [6.45, 7) is 5.17. The van der Waals surface area contributed by atoms with E-state index in [9.17, 15) is 9.59 Å². The molecule has 2 amide bonds. The largest absolute Gasteiger partial charge is 0.493 e. The lowest BCUT2D eigenvalue weighted by Crippen LogP contribution is -2.25. The number of carbonyl (C=O) groups is 2. The van der Waals surface area contributed by atoms with Crippen molar-refractivity contribution in [1.29, 1.82) is 0 Å². The highest BCUT2D eigenvalue weighted by molar-refractivity contribution is 5.95. The van der Waals surface area contributed by atoms with Crippen LogP contribution in [0.4, 0.5) is 5.69 Å². The van der Waals surface area contributed by atoms with E-state index >= 15 is 0 Å². The van der Waals surface area contributed by atoms with Gasteiger partial charge < -0.3 is 19.7 Å². The molecular formula is C27H28N2O4. The molecule has 3 aromatic carbocycles. The molecule has 6 nitrogen and oxygen atoms in total. The van der Waals surface area contributed by atoms with E-state index in [1.54, 1.807) is 14.0 Å². The van der Waals surface area contributed by atoms with Crippen LogP contribution >= 0.6 is 0 Å². The van der Waals surface area contributed by atoms with Crippen molar-refractivity contribution in [2.75, 3.05) is 25.2 Å². The highest BCUT2D eigenvalue weighted by Crippen LogP contribution is 2.32. The van der Waals surface area contributed by atoms with Gasteiger partial charge in [-0.2, -0.15) is 0 Å². The summed E-state index contributed by atoms with van der Waals surface area (Å²) in [5.74, 6) is 1.27. The number of ether oxygens (including phenoxy) is 2. The minimum absolute atomic E-state index is 0.0700. The first kappa shape index (κ1) is 22.4. The third kappa shape index (κ3) is 4.85. The first-order chi connectivity index (χ1) is 16.0. The van der Waals surface area contributed by atoms with E-state index in [1.807, 2.05) is 66.4 Å². The Hall–Kier alpha value is -3.80. The molecule has 33 heavy (non-hydrogen) atoms. The van der Waals surface area contributed by atoms with E-state index in [2.05, 4.69) is 11.4 Å². The molecule has 0 spiro atoms. The number of methoxy groups -OCH3 is 1. The third-order valence-corrected chi connectivity index (χ3v) is 5.82. The van der Waals surface area contributed by atoms with Gasteiger partial charge >= 0.3 is 0 Å². The molecule has 3 aromatic rings. The molecule has 0 aliphatic carbocycles. The molecule has 1 N–H and O–H groups in total. The average Bonchev–Trinajstić information content (AvgIpc) is 3.27. The summed E-state index contributed by atoms with van der Waals surface area (Å²) in [4.78, 5) is 26.2. The molecule has 4 rings (SSSR count). The van der Waals surface area contributed by atoms with Crippen LogP contribution in [0.2, 0.25) is 0 Å². The third-order valence-electron chi connectivity index (χ3n) is 5.82. The molecule has 1 aliphatic rings. The number of fused-ring (bicyclic) bond motifs is 1. The number of nitrogens with one attached hydrogen (secondary N) is 1. The summed E-state index contributed by atoms with van der Waals surface area (Å²) in [7, 11) is 1.60. The van der Waals surface area contributed by atoms with E-state index in [0.29, 0.717) is 30.2 Å². The Balaban J connectivity index is 1.42. The molecule has 0 aromatic heterocycles. The molecule has 0 saturated heterocycles. The van der Waals surface area contributed by atoms with Gasteiger partial charge in [0.15, 0.2) is 11.5 Å². The number of carbonyl (C=O) groups excluding carboxylic acids is 2. The summed E-state index contributed by atoms with van der Waals surface area (Å²) in [6, 6.07) is 19.4. The Bertz CT molecular complexity index is 1170. The SMILES string of the molecule is CCOc1cc(CNC(=O)c2ccc(-c3ccc4c(c3)CCN4C(C)=O)cc2)ccc1OC. The number of benzene rings is 3. The minimum Gasteiger partial charge on any atom is -0.493 e. The van der Waals surface area contributed by atoms with Crippen LogP contribution in [0.3, 0.4) is 0 Å². The van der Waals surface area contributed by atoms with Crippen molar-refractivity contribution in [2.24, 2.45) is 0 Å². The molecule has 0 saturated carbocycles. The number of amides is 2. The quantitative estimate of drug-likeness (QED) is 0.578. The van der Waals surface area contributed by atoms with Crippen molar-refractivity contribution >= 4 is 17.5 Å². The highest BCUT2D eigenvalue weighted by Gasteiger charge is 2.22. The topological polar surface area (TPSA) is 67.9 Å². The molecule has 0 bridgehead atoms. The Labute approximate surface area is 194 Å². The van der Waals surface area contributed by atoms with Crippen LogP contribution in [-0.4, -0.2) is 32.1 Å². The summed E-state index contributed by atoms with van der Waals surface area (Å²) in [5, 5.41) is 2.96. The van der Waals surface area contributed by atoms with Gasteiger partial charge in [0, 0.05) is 31.3 Å². The molecular weight excluding hydrogens is 416 g/mol. The fourth-order valence-electron chi connectivity index (χ4n) is 4.11. The van der Waals surface area contributed by atoms with Crippen LogP contribution in [0.25, 0.3) is 11.1 Å². The number of nitrogens with zero attached hydrogens (tertiary/aromatic N) is 1. The molecule has 0 atom stereocenters. The van der Waals surface area contributed by atoms with Gasteiger partial charge in [-0.05, 0) is 72.0 Å². The van der Waals surface area contributed by atoms with Crippen molar-refractivity contribution in [1.82, 2.24) is 5.32 Å². The van der Waals surface area contributed by atoms with Crippen LogP contribution in [-0.2, 0) is 17.8 Å². The molecule has 6 heteroatoms. The minimum atomic E-state index is -0.138. The van der Waals surface area contributed by atoms with Gasteiger partial charge in [0.05, 0.1) is 13.7 Å². The molecule has 0 fully saturated rings. The highest BCUT2D eigenvalue weighted by atomic mass is 16.5. The fraction of sp³-hybridized carbons (Fsp3) is 0.259. The normalized spacial score (nSPS) is 12.3. The lowest BCUT2D eigenvalue weighted by molar-refractivity contribution is -0.116. The van der Waals surface area contributed by atoms with Crippen molar-refractivity contribution in [3.8, 4) is 22.6 Å². The van der Waals surface area contributed by atoms with E-state index in [-0.39, 0.29) is 11.8 Å². The smallest absolute Gasteiger partial charge is 0.251 e. The maximum absolute atomic E-state index is 12.6. The summed E-state index contributed by atoms with van der Waals surface area (Å²) in [6.07, 6.45) is 0.861. The monoisotopic (exact) mass is 444 g/mol. The number of hydrogen-bond donors (Lipinski definition) is 1. The van der Waals surface area contributed by atoms with Crippen LogP contribution in [0, 0.1) is 0 Å². The van der Waals surface area contributed by atoms with Crippen LogP contribution in [0.15, 0.2) is 60.7 Å². The predicted octanol–water partition coefficient (Wildman–Crippen LogP) is 4.60. The Morgan fingerprint density at radius 3 is 2.42 bits per heavy atom. The second kappa shape index (κ2) is 9.77. The van der Waals surface area contributed by atoms with Crippen molar-refractivity contribution in [2.45, 2.75) is 26.8 Å². The molecule has 1 heterocycles. The van der Waals surface area contributed by atoms with E-state index in [1.165, 1.54) is 5.56 Å². The van der Waals surface area contributed by atoms with Crippen molar-refractivity contribution in [3.63, 3.8) is 0 Å². The summed E-state index contributed by atoms with van der Waals surface area (Å²) >= 11 is 0. The Kier molecular flexibility index (Phi) is 6.63. The lowest BCUT2D eigenvalue weighted by Gasteiger charge is -2.15. The Morgan fingerprint density at radius 2 is 1.73 bits per heavy atom. The number of rotatable bonds is 7. The van der Waals surface area contributed by atoms with Gasteiger partial charge in [0.1, 0.15) is 0 Å². The number of anilines is 1. The second-order valence-corrected chi connectivity index (χ2v) is 7.94. The van der Waals surface area contributed by atoms with Crippen LogP contribution < -0.4 is 19.7 Å². The summed E-state index contributed by atoms with van der Waals surface area (Å²) in [5.41, 5.74) is 5.81. The average molecular weight is 445 g/mol. The van der Waals surface area contributed by atoms with Crippen molar-refractivity contribution in [3.05, 3.63) is 77.4 Å². The molecule has 1 aliphatic heterocycles. The van der Waals surface area contributed by atoms with E-state index in [0.717, 1.165) is 35.3 Å². The maximum Gasteiger partial charge on any atom is 0.251 e. The predicted molar refractivity (Wildman–Crippen MR) is 129 cm³/mol. The first-order valence-corrected chi connectivity index (χ1v) is 11.1. The van der Waals surface area contributed by atoms with Gasteiger partial charge in [0.2, 0.25) is 5.91 Å². The zero-order chi connectivity index (χ0) is 23.4. The zero-order valence-electron chi connectivity index (χ0n) is 19.2. The van der Waals surface area contributed by atoms with Gasteiger partial charge in [-0.15, -0.1) is 0 Å². The first-order valence-electron chi connectivity index (χ1n) is 11.1. The van der Waals surface area contributed by atoms with Gasteiger partial charge in [-0.1, -0.05) is 24.3 Å². The second-order valence-electron chi connectivity index (χ2n) is 7.94. The van der Waals surface area contributed by atoms with Gasteiger partial charge in [-0.25, -0.2) is 0 Å². The van der Waals surface area contributed by atoms with Gasteiger partial charge in [0.25, 0.3) is 5.91 Å². The number of hydrogen-bond acceptors (Lipinski definition) is 4. The Morgan fingerprint density at radius 1 is 0.970 bits per heavy atom. The molecule has 0 radical (unpaired) electrons. The van der Waals surface area contributed by atoms with Crippen LogP contribution in [0.1, 0.15) is 35.3 Å². The van der Waals surface area contributed by atoms with E-state index in [4.69, 9.17) is 9.47 Å².